The predicted molar refractivity (Wildman–Crippen MR) is 123 cm³/mol. The van der Waals surface area contributed by atoms with Crippen molar-refractivity contribution in [3.63, 3.8) is 0 Å². The molecule has 0 saturated carbocycles. The Balaban J connectivity index is 1.71. The summed E-state index contributed by atoms with van der Waals surface area (Å²) >= 11 is 9.42. The summed E-state index contributed by atoms with van der Waals surface area (Å²) in [5.41, 5.74) is 3.46. The number of halogens is 2. The molecule has 0 unspecified atom stereocenters. The van der Waals surface area contributed by atoms with Gasteiger partial charge >= 0.3 is 0 Å². The fourth-order valence-corrected chi connectivity index (χ4v) is 3.47. The number of benzene rings is 3. The molecular formula is C24H18BrClN2O2. The Kier molecular flexibility index (Phi) is 7.29. The van der Waals surface area contributed by atoms with Crippen LogP contribution < -0.4 is 10.1 Å². The molecule has 0 bridgehead atoms. The molecule has 0 aliphatic carbocycles. The number of nitrogens with one attached hydrogen (secondary N) is 1. The average Bonchev–Trinajstić information content (AvgIpc) is 2.71. The molecule has 6 heteroatoms. The van der Waals surface area contributed by atoms with Crippen molar-refractivity contribution in [1.82, 2.24) is 0 Å². The molecule has 0 atom stereocenters. The number of anilines is 1. The second kappa shape index (κ2) is 10.1. The van der Waals surface area contributed by atoms with Gasteiger partial charge in [-0.15, -0.1) is 0 Å². The highest BCUT2D eigenvalue weighted by Crippen LogP contribution is 2.28. The number of amides is 1. The zero-order valence-corrected chi connectivity index (χ0v) is 18.5. The van der Waals surface area contributed by atoms with Crippen LogP contribution in [-0.2, 0) is 11.4 Å². The minimum Gasteiger partial charge on any atom is -0.488 e. The van der Waals surface area contributed by atoms with E-state index in [-0.39, 0.29) is 5.57 Å². The highest BCUT2D eigenvalue weighted by Gasteiger charge is 2.11. The summed E-state index contributed by atoms with van der Waals surface area (Å²) in [6.45, 7) is 2.48. The standard InChI is InChI=1S/C24H18BrClN2O2/c1-16-4-2-5-18(10-16)15-30-23-9-8-17(12-22(23)25)11-19(14-27)24(29)28-21-7-3-6-20(26)13-21/h2-13H,15H2,1H3,(H,28,29)/b19-11+. The van der Waals surface area contributed by atoms with Gasteiger partial charge in [-0.25, -0.2) is 0 Å². The molecule has 150 valence electrons. The summed E-state index contributed by atoms with van der Waals surface area (Å²) in [5.74, 6) is 0.172. The first-order valence-electron chi connectivity index (χ1n) is 9.11. The molecular weight excluding hydrogens is 464 g/mol. The highest BCUT2D eigenvalue weighted by molar-refractivity contribution is 9.10. The first-order chi connectivity index (χ1) is 14.4. The molecule has 1 N–H and O–H groups in total. The van der Waals surface area contributed by atoms with Crippen LogP contribution in [0, 0.1) is 18.3 Å². The molecule has 0 aliphatic rings. The summed E-state index contributed by atoms with van der Waals surface area (Å²) in [6, 6.07) is 22.2. The fourth-order valence-electron chi connectivity index (χ4n) is 2.77. The van der Waals surface area contributed by atoms with E-state index >= 15 is 0 Å². The van der Waals surface area contributed by atoms with Crippen LogP contribution in [0.25, 0.3) is 6.08 Å². The van der Waals surface area contributed by atoms with Crippen LogP contribution in [0.15, 0.2) is 76.8 Å². The number of hydrogen-bond donors (Lipinski definition) is 1. The summed E-state index contributed by atoms with van der Waals surface area (Å²) in [7, 11) is 0. The van der Waals surface area contributed by atoms with Gasteiger partial charge in [0.25, 0.3) is 5.91 Å². The second-order valence-electron chi connectivity index (χ2n) is 6.60. The van der Waals surface area contributed by atoms with Crippen molar-refractivity contribution in [3.05, 3.63) is 98.5 Å². The third kappa shape index (κ3) is 5.96. The Morgan fingerprint density at radius 1 is 1.17 bits per heavy atom. The first-order valence-corrected chi connectivity index (χ1v) is 10.3. The summed E-state index contributed by atoms with van der Waals surface area (Å²) in [5, 5.41) is 12.6. The van der Waals surface area contributed by atoms with Gasteiger partial charge in [0, 0.05) is 10.7 Å². The van der Waals surface area contributed by atoms with Gasteiger partial charge in [-0.1, -0.05) is 53.6 Å². The minimum atomic E-state index is -0.504. The van der Waals surface area contributed by atoms with Gasteiger partial charge in [-0.3, -0.25) is 4.79 Å². The van der Waals surface area contributed by atoms with Gasteiger partial charge in [-0.2, -0.15) is 5.26 Å². The largest absolute Gasteiger partial charge is 0.488 e. The Morgan fingerprint density at radius 2 is 1.97 bits per heavy atom. The normalized spacial score (nSPS) is 10.9. The smallest absolute Gasteiger partial charge is 0.266 e. The van der Waals surface area contributed by atoms with Crippen molar-refractivity contribution in [2.75, 3.05) is 5.32 Å². The van der Waals surface area contributed by atoms with Gasteiger partial charge < -0.3 is 10.1 Å². The van der Waals surface area contributed by atoms with E-state index in [1.807, 2.05) is 31.2 Å². The van der Waals surface area contributed by atoms with Crippen LogP contribution in [0.3, 0.4) is 0 Å². The van der Waals surface area contributed by atoms with E-state index in [9.17, 15) is 10.1 Å². The molecule has 1 amide bonds. The number of carbonyl (C=O) groups is 1. The quantitative estimate of drug-likeness (QED) is 0.321. The molecule has 0 aromatic heterocycles. The first kappa shape index (κ1) is 21.6. The Morgan fingerprint density at radius 3 is 2.67 bits per heavy atom. The van der Waals surface area contributed by atoms with Crippen LogP contribution in [0.1, 0.15) is 16.7 Å². The number of carbonyl (C=O) groups excluding carboxylic acids is 1. The van der Waals surface area contributed by atoms with E-state index in [0.29, 0.717) is 28.6 Å². The number of ether oxygens (including phenoxy) is 1. The molecule has 3 aromatic rings. The van der Waals surface area contributed by atoms with Crippen molar-refractivity contribution < 1.29 is 9.53 Å². The molecule has 0 heterocycles. The van der Waals surface area contributed by atoms with Crippen LogP contribution in [0.2, 0.25) is 5.02 Å². The lowest BCUT2D eigenvalue weighted by Gasteiger charge is -2.10. The maximum atomic E-state index is 12.4. The van der Waals surface area contributed by atoms with Gasteiger partial charge in [-0.05, 0) is 70.4 Å². The van der Waals surface area contributed by atoms with Crippen LogP contribution >= 0.6 is 27.5 Å². The molecule has 0 aliphatic heterocycles. The Hall–Kier alpha value is -3.07. The number of rotatable bonds is 6. The van der Waals surface area contributed by atoms with Gasteiger partial charge in [0.15, 0.2) is 0 Å². The molecule has 3 rings (SSSR count). The Bertz CT molecular complexity index is 1150. The Labute approximate surface area is 188 Å². The van der Waals surface area contributed by atoms with E-state index in [0.717, 1.165) is 10.0 Å². The lowest BCUT2D eigenvalue weighted by atomic mass is 10.1. The molecule has 0 radical (unpaired) electrons. The van der Waals surface area contributed by atoms with Crippen LogP contribution in [0.5, 0.6) is 5.75 Å². The fraction of sp³-hybridized carbons (Fsp3) is 0.0833. The molecule has 30 heavy (non-hydrogen) atoms. The SMILES string of the molecule is Cc1cccc(COc2ccc(/C=C(\C#N)C(=O)Nc3cccc(Cl)c3)cc2Br)c1. The van der Waals surface area contributed by atoms with Gasteiger partial charge in [0.2, 0.25) is 0 Å². The van der Waals surface area contributed by atoms with Crippen molar-refractivity contribution in [3.8, 4) is 11.8 Å². The monoisotopic (exact) mass is 480 g/mol. The van der Waals surface area contributed by atoms with Crippen LogP contribution in [-0.4, -0.2) is 5.91 Å². The zero-order chi connectivity index (χ0) is 21.5. The topological polar surface area (TPSA) is 62.1 Å². The number of aryl methyl sites for hydroxylation is 1. The van der Waals surface area contributed by atoms with Gasteiger partial charge in [0.1, 0.15) is 24.0 Å². The summed E-state index contributed by atoms with van der Waals surface area (Å²) < 4.78 is 6.61. The highest BCUT2D eigenvalue weighted by atomic mass is 79.9. The van der Waals surface area contributed by atoms with E-state index in [1.54, 1.807) is 42.5 Å². The minimum absolute atomic E-state index is 0.0182. The number of nitriles is 1. The second-order valence-corrected chi connectivity index (χ2v) is 7.89. The summed E-state index contributed by atoms with van der Waals surface area (Å²) in [6.07, 6.45) is 1.52. The van der Waals surface area contributed by atoms with E-state index in [4.69, 9.17) is 16.3 Å². The maximum Gasteiger partial charge on any atom is 0.266 e. The number of hydrogen-bond acceptors (Lipinski definition) is 3. The molecule has 0 spiro atoms. The van der Waals surface area contributed by atoms with Gasteiger partial charge in [0.05, 0.1) is 4.47 Å². The van der Waals surface area contributed by atoms with E-state index in [2.05, 4.69) is 27.3 Å². The van der Waals surface area contributed by atoms with Crippen LogP contribution in [0.4, 0.5) is 5.69 Å². The molecule has 3 aromatic carbocycles. The third-order valence-electron chi connectivity index (χ3n) is 4.19. The molecule has 0 saturated heterocycles. The maximum absolute atomic E-state index is 12.4. The lowest BCUT2D eigenvalue weighted by Crippen LogP contribution is -2.13. The number of nitrogens with zero attached hydrogens (tertiary/aromatic N) is 1. The van der Waals surface area contributed by atoms with E-state index in [1.165, 1.54) is 11.6 Å². The van der Waals surface area contributed by atoms with Crippen molar-refractivity contribution in [1.29, 1.82) is 5.26 Å². The molecule has 4 nitrogen and oxygen atoms in total. The van der Waals surface area contributed by atoms with E-state index < -0.39 is 5.91 Å². The molecule has 0 fully saturated rings. The zero-order valence-electron chi connectivity index (χ0n) is 16.2. The van der Waals surface area contributed by atoms with Crippen molar-refractivity contribution >= 4 is 45.2 Å². The third-order valence-corrected chi connectivity index (χ3v) is 5.05. The van der Waals surface area contributed by atoms with Crippen molar-refractivity contribution in [2.24, 2.45) is 0 Å². The van der Waals surface area contributed by atoms with Crippen molar-refractivity contribution in [2.45, 2.75) is 13.5 Å². The summed E-state index contributed by atoms with van der Waals surface area (Å²) in [4.78, 5) is 12.4. The lowest BCUT2D eigenvalue weighted by molar-refractivity contribution is -0.112. The average molecular weight is 482 g/mol. The predicted octanol–water partition coefficient (Wildman–Crippen LogP) is 6.54.